The van der Waals surface area contributed by atoms with E-state index in [1.54, 1.807) is 47.6 Å². The van der Waals surface area contributed by atoms with E-state index < -0.39 is 0 Å². The molecule has 0 radical (unpaired) electrons. The predicted molar refractivity (Wildman–Crippen MR) is 109 cm³/mol. The van der Waals surface area contributed by atoms with Crippen molar-refractivity contribution in [1.29, 1.82) is 0 Å². The maximum absolute atomic E-state index is 12.8. The fourth-order valence-electron chi connectivity index (χ4n) is 3.26. The summed E-state index contributed by atoms with van der Waals surface area (Å²) in [6, 6.07) is 18.6. The van der Waals surface area contributed by atoms with Crippen LogP contribution in [0.15, 0.2) is 73.1 Å². The zero-order valence-electron chi connectivity index (χ0n) is 15.9. The van der Waals surface area contributed by atoms with Crippen LogP contribution in [0.1, 0.15) is 31.8 Å². The Labute approximate surface area is 169 Å². The summed E-state index contributed by atoms with van der Waals surface area (Å²) in [6.45, 7) is 1.71. The molecule has 1 aliphatic rings. The van der Waals surface area contributed by atoms with Crippen molar-refractivity contribution in [3.8, 4) is 5.75 Å². The van der Waals surface area contributed by atoms with E-state index in [9.17, 15) is 9.59 Å². The van der Waals surface area contributed by atoms with E-state index in [0.717, 1.165) is 11.1 Å². The van der Waals surface area contributed by atoms with Gasteiger partial charge in [-0.3, -0.25) is 14.6 Å². The van der Waals surface area contributed by atoms with Gasteiger partial charge in [-0.25, -0.2) is 0 Å². The molecular weight excluding hydrogens is 366 g/mol. The van der Waals surface area contributed by atoms with Crippen LogP contribution in [0.4, 0.5) is 0 Å². The van der Waals surface area contributed by atoms with Crippen LogP contribution in [0, 0.1) is 0 Å². The third-order valence-electron chi connectivity index (χ3n) is 4.79. The average molecular weight is 387 g/mol. The van der Waals surface area contributed by atoms with Gasteiger partial charge in [0.1, 0.15) is 12.4 Å². The molecule has 146 valence electrons. The minimum atomic E-state index is -0.161. The molecule has 0 bridgehead atoms. The second kappa shape index (κ2) is 8.56. The molecule has 2 aromatic carbocycles. The van der Waals surface area contributed by atoms with Crippen molar-refractivity contribution in [2.45, 2.75) is 13.1 Å². The van der Waals surface area contributed by atoms with Gasteiger partial charge in [0.05, 0.1) is 12.1 Å². The number of ether oxygens (including phenoxy) is 1. The summed E-state index contributed by atoms with van der Waals surface area (Å²) in [5, 5.41) is 2.93. The van der Waals surface area contributed by atoms with E-state index in [0.29, 0.717) is 43.1 Å². The molecule has 2 amide bonds. The number of fused-ring (bicyclic) bond motifs is 1. The number of aromatic nitrogens is 1. The van der Waals surface area contributed by atoms with Gasteiger partial charge in [0.25, 0.3) is 11.8 Å². The van der Waals surface area contributed by atoms with Gasteiger partial charge >= 0.3 is 0 Å². The van der Waals surface area contributed by atoms with Gasteiger partial charge < -0.3 is 15.0 Å². The van der Waals surface area contributed by atoms with Crippen LogP contribution < -0.4 is 10.1 Å². The van der Waals surface area contributed by atoms with Crippen molar-refractivity contribution >= 4 is 11.8 Å². The van der Waals surface area contributed by atoms with Gasteiger partial charge in [-0.15, -0.1) is 0 Å². The molecule has 0 fully saturated rings. The van der Waals surface area contributed by atoms with Gasteiger partial charge in [-0.05, 0) is 35.9 Å². The number of hydrogen-bond donors (Lipinski definition) is 1. The van der Waals surface area contributed by atoms with Crippen LogP contribution in [-0.4, -0.2) is 34.8 Å². The number of nitrogens with zero attached hydrogens (tertiary/aromatic N) is 2. The SMILES string of the molecule is O=C(NCc1ccccc1)c1ccc2c(c1)CN(C(=O)c1cccnc1)CCO2. The lowest BCUT2D eigenvalue weighted by Gasteiger charge is -2.19. The monoisotopic (exact) mass is 387 g/mol. The maximum atomic E-state index is 12.8. The largest absolute Gasteiger partial charge is 0.491 e. The van der Waals surface area contributed by atoms with E-state index in [4.69, 9.17) is 4.74 Å². The number of carbonyl (C=O) groups excluding carboxylic acids is 2. The van der Waals surface area contributed by atoms with E-state index in [2.05, 4.69) is 10.3 Å². The fourth-order valence-corrected chi connectivity index (χ4v) is 3.26. The summed E-state index contributed by atoms with van der Waals surface area (Å²) < 4.78 is 5.79. The van der Waals surface area contributed by atoms with Crippen molar-refractivity contribution in [3.05, 3.63) is 95.3 Å². The lowest BCUT2D eigenvalue weighted by molar-refractivity contribution is 0.0732. The summed E-state index contributed by atoms with van der Waals surface area (Å²) in [5.74, 6) is 0.436. The first-order valence-electron chi connectivity index (χ1n) is 9.48. The Hall–Kier alpha value is -3.67. The zero-order valence-corrected chi connectivity index (χ0v) is 15.9. The van der Waals surface area contributed by atoms with Crippen LogP contribution in [0.3, 0.4) is 0 Å². The number of carbonyl (C=O) groups is 2. The van der Waals surface area contributed by atoms with Crippen LogP contribution in [0.5, 0.6) is 5.75 Å². The summed E-state index contributed by atoms with van der Waals surface area (Å²) in [4.78, 5) is 31.1. The first-order chi connectivity index (χ1) is 14.2. The molecule has 0 aliphatic carbocycles. The number of benzene rings is 2. The molecule has 4 rings (SSSR count). The highest BCUT2D eigenvalue weighted by Gasteiger charge is 2.22. The zero-order chi connectivity index (χ0) is 20.1. The molecule has 0 atom stereocenters. The average Bonchev–Trinajstić information content (AvgIpc) is 3.00. The Kier molecular flexibility index (Phi) is 5.52. The summed E-state index contributed by atoms with van der Waals surface area (Å²) in [7, 11) is 0. The Morgan fingerprint density at radius 2 is 1.90 bits per heavy atom. The quantitative estimate of drug-likeness (QED) is 0.747. The molecule has 1 aromatic heterocycles. The molecule has 0 saturated heterocycles. The summed E-state index contributed by atoms with van der Waals surface area (Å²) in [6.07, 6.45) is 3.19. The molecule has 0 unspecified atom stereocenters. The van der Waals surface area contributed by atoms with Crippen molar-refractivity contribution in [1.82, 2.24) is 15.2 Å². The highest BCUT2D eigenvalue weighted by Crippen LogP contribution is 2.25. The number of pyridine rings is 1. The maximum Gasteiger partial charge on any atom is 0.255 e. The number of amides is 2. The third kappa shape index (κ3) is 4.43. The van der Waals surface area contributed by atoms with Crippen LogP contribution in [0.25, 0.3) is 0 Å². The Morgan fingerprint density at radius 3 is 2.69 bits per heavy atom. The Morgan fingerprint density at radius 1 is 1.03 bits per heavy atom. The third-order valence-corrected chi connectivity index (χ3v) is 4.79. The predicted octanol–water partition coefficient (Wildman–Crippen LogP) is 3.05. The first-order valence-corrected chi connectivity index (χ1v) is 9.48. The molecule has 6 nitrogen and oxygen atoms in total. The normalized spacial score (nSPS) is 13.0. The highest BCUT2D eigenvalue weighted by atomic mass is 16.5. The van der Waals surface area contributed by atoms with Crippen LogP contribution in [-0.2, 0) is 13.1 Å². The van der Waals surface area contributed by atoms with Crippen molar-refractivity contribution < 1.29 is 14.3 Å². The van der Waals surface area contributed by atoms with Gasteiger partial charge in [0.15, 0.2) is 0 Å². The number of hydrogen-bond acceptors (Lipinski definition) is 4. The Balaban J connectivity index is 1.49. The number of nitrogens with one attached hydrogen (secondary N) is 1. The lowest BCUT2D eigenvalue weighted by atomic mass is 10.1. The van der Waals surface area contributed by atoms with Crippen molar-refractivity contribution in [2.75, 3.05) is 13.2 Å². The molecular formula is C23H21N3O3. The molecule has 2 heterocycles. The molecule has 29 heavy (non-hydrogen) atoms. The second-order valence-electron chi connectivity index (χ2n) is 6.81. The minimum absolute atomic E-state index is 0.103. The van der Waals surface area contributed by atoms with E-state index in [1.807, 2.05) is 30.3 Å². The summed E-state index contributed by atoms with van der Waals surface area (Å²) >= 11 is 0. The number of rotatable bonds is 4. The van der Waals surface area contributed by atoms with Crippen LogP contribution >= 0.6 is 0 Å². The topological polar surface area (TPSA) is 71.5 Å². The Bertz CT molecular complexity index is 1010. The van der Waals surface area contributed by atoms with Gasteiger partial charge in [-0.1, -0.05) is 30.3 Å². The molecule has 1 aliphatic heterocycles. The lowest BCUT2D eigenvalue weighted by Crippen LogP contribution is -2.32. The van der Waals surface area contributed by atoms with Gasteiger partial charge in [0, 0.05) is 36.6 Å². The molecule has 0 spiro atoms. The summed E-state index contributed by atoms with van der Waals surface area (Å²) in [5.41, 5.74) is 2.92. The van der Waals surface area contributed by atoms with Gasteiger partial charge in [-0.2, -0.15) is 0 Å². The highest BCUT2D eigenvalue weighted by molar-refractivity contribution is 5.95. The molecule has 0 saturated carbocycles. The van der Waals surface area contributed by atoms with Crippen molar-refractivity contribution in [2.24, 2.45) is 0 Å². The molecule has 6 heteroatoms. The first kappa shape index (κ1) is 18.7. The standard InChI is InChI=1S/C23H21N3O3/c27-22(25-14-17-5-2-1-3-6-17)18-8-9-21-20(13-18)16-26(11-12-29-21)23(28)19-7-4-10-24-15-19/h1-10,13,15H,11-12,14,16H2,(H,25,27). The minimum Gasteiger partial charge on any atom is -0.491 e. The smallest absolute Gasteiger partial charge is 0.255 e. The van der Waals surface area contributed by atoms with E-state index in [1.165, 1.54) is 0 Å². The fraction of sp³-hybridized carbons (Fsp3) is 0.174. The van der Waals surface area contributed by atoms with Gasteiger partial charge in [0.2, 0.25) is 0 Å². The molecule has 1 N–H and O–H groups in total. The van der Waals surface area contributed by atoms with E-state index >= 15 is 0 Å². The second-order valence-corrected chi connectivity index (χ2v) is 6.81. The van der Waals surface area contributed by atoms with Crippen LogP contribution in [0.2, 0.25) is 0 Å². The molecule has 3 aromatic rings. The van der Waals surface area contributed by atoms with Crippen molar-refractivity contribution in [3.63, 3.8) is 0 Å². The van der Waals surface area contributed by atoms with E-state index in [-0.39, 0.29) is 11.8 Å².